The Balaban J connectivity index is 2.31. The van der Waals surface area contributed by atoms with Gasteiger partial charge in [0.2, 0.25) is 0 Å². The van der Waals surface area contributed by atoms with E-state index in [-0.39, 0.29) is 11.3 Å². The Morgan fingerprint density at radius 3 is 2.62 bits per heavy atom. The number of nitrogens with one attached hydrogen (secondary N) is 1. The van der Waals surface area contributed by atoms with Gasteiger partial charge in [0.15, 0.2) is 5.78 Å². The number of benzene rings is 1. The van der Waals surface area contributed by atoms with E-state index in [1.165, 1.54) is 12.1 Å². The van der Waals surface area contributed by atoms with Gasteiger partial charge < -0.3 is 10.1 Å². The Morgan fingerprint density at radius 2 is 2.00 bits per heavy atom. The average molecular weight is 304 g/mol. The Kier molecular flexibility index (Phi) is 4.29. The number of H-pyrrole nitrogens is 1. The molecule has 1 heterocycles. The lowest BCUT2D eigenvalue weighted by Crippen LogP contribution is -2.17. The van der Waals surface area contributed by atoms with Crippen LogP contribution in [0, 0.1) is 13.8 Å². The summed E-state index contributed by atoms with van der Waals surface area (Å²) < 4.78 is 0. The number of aryl methyl sites for hydroxylation is 2. The number of pyridine rings is 1. The molecule has 0 aliphatic heterocycles. The number of aromatic nitrogens is 1. The lowest BCUT2D eigenvalue weighted by Gasteiger charge is -2.01. The highest BCUT2D eigenvalue weighted by molar-refractivity contribution is 6.31. The molecule has 1 aromatic carbocycles. The highest BCUT2D eigenvalue weighted by Gasteiger charge is 2.13. The van der Waals surface area contributed by atoms with Gasteiger partial charge in [-0.05, 0) is 43.2 Å². The highest BCUT2D eigenvalue weighted by atomic mass is 35.5. The van der Waals surface area contributed by atoms with Gasteiger partial charge in [-0.15, -0.1) is 0 Å². The fraction of sp³-hybridized carbons (Fsp3) is 0.125. The van der Waals surface area contributed by atoms with E-state index in [1.807, 2.05) is 19.1 Å². The van der Waals surface area contributed by atoms with Crippen LogP contribution >= 0.6 is 11.6 Å². The second-order valence-corrected chi connectivity index (χ2v) is 5.16. The molecule has 0 amide bonds. The molecule has 2 rings (SSSR count). The maximum absolute atomic E-state index is 12.0. The van der Waals surface area contributed by atoms with Gasteiger partial charge in [-0.2, -0.15) is 0 Å². The van der Waals surface area contributed by atoms with Gasteiger partial charge in [-0.25, -0.2) is 0 Å². The van der Waals surface area contributed by atoms with Gasteiger partial charge in [0, 0.05) is 10.7 Å². The summed E-state index contributed by atoms with van der Waals surface area (Å²) in [4.78, 5) is 26.2. The van der Waals surface area contributed by atoms with E-state index in [0.717, 1.165) is 11.1 Å². The number of aromatic amines is 1. The number of hydrogen-bond donors (Lipinski definition) is 2. The minimum Gasteiger partial charge on any atom is -0.507 e. The molecule has 5 heteroatoms. The van der Waals surface area contributed by atoms with Crippen LogP contribution in [0.5, 0.6) is 5.75 Å². The fourth-order valence-electron chi connectivity index (χ4n) is 1.88. The van der Waals surface area contributed by atoms with Crippen LogP contribution < -0.4 is 5.56 Å². The molecule has 1 aromatic heterocycles. The van der Waals surface area contributed by atoms with E-state index >= 15 is 0 Å². The number of halogens is 1. The van der Waals surface area contributed by atoms with Crippen molar-refractivity contribution < 1.29 is 9.90 Å². The molecule has 0 bridgehead atoms. The summed E-state index contributed by atoms with van der Waals surface area (Å²) in [5.74, 6) is -0.890. The van der Waals surface area contributed by atoms with Crippen LogP contribution in [-0.2, 0) is 0 Å². The normalized spacial score (nSPS) is 11.0. The van der Waals surface area contributed by atoms with Gasteiger partial charge in [0.1, 0.15) is 11.3 Å². The fourth-order valence-corrected chi connectivity index (χ4v) is 2.07. The van der Waals surface area contributed by atoms with Gasteiger partial charge in [-0.3, -0.25) is 9.59 Å². The zero-order valence-electron chi connectivity index (χ0n) is 11.6. The zero-order chi connectivity index (χ0) is 15.6. The third-order valence-electron chi connectivity index (χ3n) is 3.02. The van der Waals surface area contributed by atoms with Crippen LogP contribution in [0.1, 0.15) is 27.2 Å². The molecule has 0 aliphatic carbocycles. The smallest absolute Gasteiger partial charge is 0.263 e. The summed E-state index contributed by atoms with van der Waals surface area (Å²) in [5.41, 5.74) is 1.29. The summed E-state index contributed by atoms with van der Waals surface area (Å²) in [6.07, 6.45) is 2.78. The molecule has 0 unspecified atom stereocenters. The maximum Gasteiger partial charge on any atom is 0.263 e. The summed E-state index contributed by atoms with van der Waals surface area (Å²) in [6.45, 7) is 3.50. The number of rotatable bonds is 3. The van der Waals surface area contributed by atoms with Gasteiger partial charge in [0.05, 0.1) is 0 Å². The number of hydrogen-bond acceptors (Lipinski definition) is 3. The number of carbonyl (C=O) groups is 1. The molecule has 21 heavy (non-hydrogen) atoms. The second-order valence-electron chi connectivity index (χ2n) is 4.75. The summed E-state index contributed by atoms with van der Waals surface area (Å²) in [5, 5.41) is 10.3. The summed E-state index contributed by atoms with van der Waals surface area (Å²) in [7, 11) is 0. The van der Waals surface area contributed by atoms with E-state index in [2.05, 4.69) is 4.98 Å². The van der Waals surface area contributed by atoms with Crippen molar-refractivity contribution in [1.82, 2.24) is 4.98 Å². The third kappa shape index (κ3) is 3.41. The van der Waals surface area contributed by atoms with E-state index in [9.17, 15) is 14.7 Å². The second kappa shape index (κ2) is 5.97. The quantitative estimate of drug-likeness (QED) is 0.675. The molecule has 2 N–H and O–H groups in total. The first-order valence-electron chi connectivity index (χ1n) is 6.30. The van der Waals surface area contributed by atoms with E-state index < -0.39 is 11.3 Å². The van der Waals surface area contributed by atoms with Crippen molar-refractivity contribution in [3.05, 3.63) is 68.1 Å². The molecule has 2 aromatic rings. The Labute approximate surface area is 126 Å². The number of ketones is 1. The molecule has 0 atom stereocenters. The minimum absolute atomic E-state index is 0.268. The topological polar surface area (TPSA) is 70.2 Å². The van der Waals surface area contributed by atoms with Crippen molar-refractivity contribution in [2.75, 3.05) is 0 Å². The van der Waals surface area contributed by atoms with Crippen molar-refractivity contribution in [2.45, 2.75) is 13.8 Å². The van der Waals surface area contributed by atoms with Crippen LogP contribution in [0.3, 0.4) is 0 Å². The molecule has 0 spiro atoms. The SMILES string of the molecule is Cc1cc(O)c(C(=O)/C=C/c2ccc(C)c(Cl)c2)c(=O)[nH]1. The lowest BCUT2D eigenvalue weighted by atomic mass is 10.1. The molecule has 108 valence electrons. The van der Waals surface area contributed by atoms with Gasteiger partial charge >= 0.3 is 0 Å². The molecular formula is C16H14ClNO3. The monoisotopic (exact) mass is 303 g/mol. The standard InChI is InChI=1S/C16H14ClNO3/c1-9-3-4-11(8-12(9)17)5-6-13(19)15-14(20)7-10(2)18-16(15)21/h3-8H,1-2H3,(H2,18,20,21)/b6-5+. The molecule has 0 aliphatic rings. The van der Waals surface area contributed by atoms with Crippen LogP contribution in [0.15, 0.2) is 35.1 Å². The highest BCUT2D eigenvalue weighted by Crippen LogP contribution is 2.18. The predicted octanol–water partition coefficient (Wildman–Crippen LogP) is 3.25. The first-order valence-corrected chi connectivity index (χ1v) is 6.67. The first-order chi connectivity index (χ1) is 9.88. The van der Waals surface area contributed by atoms with Crippen LogP contribution in [0.25, 0.3) is 6.08 Å². The molecule has 0 fully saturated rings. The minimum atomic E-state index is -0.607. The van der Waals surface area contributed by atoms with Gasteiger partial charge in [-0.1, -0.05) is 29.8 Å². The largest absolute Gasteiger partial charge is 0.507 e. The molecule has 4 nitrogen and oxygen atoms in total. The number of allylic oxidation sites excluding steroid dienone is 1. The third-order valence-corrected chi connectivity index (χ3v) is 3.42. The zero-order valence-corrected chi connectivity index (χ0v) is 12.4. The molecule has 0 saturated carbocycles. The van der Waals surface area contributed by atoms with E-state index in [4.69, 9.17) is 11.6 Å². The first kappa shape index (κ1) is 15.1. The summed E-state index contributed by atoms with van der Waals surface area (Å²) in [6, 6.07) is 6.71. The summed E-state index contributed by atoms with van der Waals surface area (Å²) >= 11 is 6.00. The van der Waals surface area contributed by atoms with Gasteiger partial charge in [0.25, 0.3) is 5.56 Å². The van der Waals surface area contributed by atoms with Crippen LogP contribution in [-0.4, -0.2) is 15.9 Å². The van der Waals surface area contributed by atoms with Crippen molar-refractivity contribution in [3.63, 3.8) is 0 Å². The molecular weight excluding hydrogens is 290 g/mol. The Hall–Kier alpha value is -2.33. The van der Waals surface area contributed by atoms with E-state index in [0.29, 0.717) is 10.7 Å². The van der Waals surface area contributed by atoms with Crippen molar-refractivity contribution in [3.8, 4) is 5.75 Å². The van der Waals surface area contributed by atoms with Crippen molar-refractivity contribution in [1.29, 1.82) is 0 Å². The Morgan fingerprint density at radius 1 is 1.29 bits per heavy atom. The lowest BCUT2D eigenvalue weighted by molar-refractivity contribution is 0.104. The van der Waals surface area contributed by atoms with Crippen molar-refractivity contribution in [2.24, 2.45) is 0 Å². The Bertz CT molecular complexity index is 791. The van der Waals surface area contributed by atoms with E-state index in [1.54, 1.807) is 19.1 Å². The number of carbonyl (C=O) groups excluding carboxylic acids is 1. The predicted molar refractivity (Wildman–Crippen MR) is 83.0 cm³/mol. The average Bonchev–Trinajstić information content (AvgIpc) is 2.39. The van der Waals surface area contributed by atoms with Crippen LogP contribution in [0.2, 0.25) is 5.02 Å². The maximum atomic E-state index is 12.0. The van der Waals surface area contributed by atoms with Crippen molar-refractivity contribution >= 4 is 23.5 Å². The van der Waals surface area contributed by atoms with Crippen LogP contribution in [0.4, 0.5) is 0 Å². The molecule has 0 saturated heterocycles. The molecule has 0 radical (unpaired) electrons. The number of aromatic hydroxyl groups is 1.